The molecule has 3 aromatic heterocycles. The molecule has 0 radical (unpaired) electrons. The van der Waals surface area contributed by atoms with E-state index >= 15 is 0 Å². The van der Waals surface area contributed by atoms with Crippen molar-refractivity contribution in [2.24, 2.45) is 0 Å². The first kappa shape index (κ1) is 19.5. The number of halogens is 1. The van der Waals surface area contributed by atoms with Gasteiger partial charge in [-0.25, -0.2) is 9.37 Å². The Morgan fingerprint density at radius 2 is 2.23 bits per heavy atom. The number of fused-ring (bicyclic) bond motifs is 2. The van der Waals surface area contributed by atoms with Crippen LogP contribution in [0.3, 0.4) is 0 Å². The van der Waals surface area contributed by atoms with Crippen LogP contribution in [-0.4, -0.2) is 44.3 Å². The molecule has 31 heavy (non-hydrogen) atoms. The lowest BCUT2D eigenvalue weighted by Crippen LogP contribution is -2.20. The topological polar surface area (TPSA) is 85.5 Å². The Bertz CT molecular complexity index is 1290. The van der Waals surface area contributed by atoms with E-state index in [0.717, 1.165) is 24.9 Å². The molecule has 1 aliphatic heterocycles. The van der Waals surface area contributed by atoms with Crippen molar-refractivity contribution >= 4 is 28.1 Å². The van der Waals surface area contributed by atoms with Gasteiger partial charge in [-0.3, -0.25) is 9.48 Å². The fraction of sp³-hybridized carbons (Fsp3) is 0.318. The van der Waals surface area contributed by atoms with Crippen molar-refractivity contribution in [3.8, 4) is 5.75 Å². The Morgan fingerprint density at radius 3 is 3.00 bits per heavy atom. The summed E-state index contributed by atoms with van der Waals surface area (Å²) in [4.78, 5) is 17.2. The summed E-state index contributed by atoms with van der Waals surface area (Å²) >= 11 is 0. The van der Waals surface area contributed by atoms with Gasteiger partial charge in [-0.2, -0.15) is 5.10 Å². The van der Waals surface area contributed by atoms with E-state index in [4.69, 9.17) is 4.74 Å². The van der Waals surface area contributed by atoms with Crippen molar-refractivity contribution in [1.82, 2.24) is 24.5 Å². The first-order valence-corrected chi connectivity index (χ1v) is 10.4. The zero-order valence-electron chi connectivity index (χ0n) is 17.4. The Morgan fingerprint density at radius 1 is 1.35 bits per heavy atom. The molecule has 0 bridgehead atoms. The molecular weight excluding hydrogens is 399 g/mol. The minimum atomic E-state index is -0.500. The quantitative estimate of drug-likeness (QED) is 0.516. The van der Waals surface area contributed by atoms with Crippen molar-refractivity contribution in [3.05, 3.63) is 53.9 Å². The van der Waals surface area contributed by atoms with Gasteiger partial charge in [0, 0.05) is 37.7 Å². The molecule has 9 heteroatoms. The SMILES string of the molecule is CCn1cc2c(OC3CCNC3)ccc(C(=O)Nc3cc(F)c4nc(C)cn4c3)c2n1. The summed E-state index contributed by atoms with van der Waals surface area (Å²) in [5, 5.41) is 11.4. The first-order valence-electron chi connectivity index (χ1n) is 10.4. The van der Waals surface area contributed by atoms with E-state index in [1.807, 2.05) is 13.1 Å². The normalized spacial score (nSPS) is 16.3. The average molecular weight is 422 g/mol. The van der Waals surface area contributed by atoms with Gasteiger partial charge in [0.2, 0.25) is 0 Å². The zero-order chi connectivity index (χ0) is 21.5. The molecule has 1 unspecified atom stereocenters. The van der Waals surface area contributed by atoms with Crippen LogP contribution < -0.4 is 15.4 Å². The molecular formula is C22H23FN6O2. The number of carbonyl (C=O) groups is 1. The number of nitrogens with zero attached hydrogens (tertiary/aromatic N) is 4. The first-order chi connectivity index (χ1) is 15.0. The summed E-state index contributed by atoms with van der Waals surface area (Å²) in [6, 6.07) is 4.78. The lowest BCUT2D eigenvalue weighted by atomic mass is 10.1. The van der Waals surface area contributed by atoms with Crippen LogP contribution in [0.2, 0.25) is 0 Å². The highest BCUT2D eigenvalue weighted by molar-refractivity contribution is 6.12. The highest BCUT2D eigenvalue weighted by Gasteiger charge is 2.21. The molecule has 2 N–H and O–H groups in total. The number of ether oxygens (including phenoxy) is 1. The number of hydrogen-bond donors (Lipinski definition) is 2. The summed E-state index contributed by atoms with van der Waals surface area (Å²) in [5.74, 6) is -0.155. The van der Waals surface area contributed by atoms with E-state index in [1.165, 1.54) is 6.07 Å². The van der Waals surface area contributed by atoms with Gasteiger partial charge in [-0.15, -0.1) is 0 Å². The molecule has 0 spiro atoms. The van der Waals surface area contributed by atoms with Crippen LogP contribution in [0.5, 0.6) is 5.75 Å². The number of pyridine rings is 1. The van der Waals surface area contributed by atoms with Crippen LogP contribution in [-0.2, 0) is 6.54 Å². The lowest BCUT2D eigenvalue weighted by Gasteiger charge is -2.14. The predicted octanol–water partition coefficient (Wildman–Crippen LogP) is 3.14. The lowest BCUT2D eigenvalue weighted by molar-refractivity contribution is 0.102. The average Bonchev–Trinajstić information content (AvgIpc) is 3.47. The van der Waals surface area contributed by atoms with Crippen LogP contribution in [0.15, 0.2) is 36.8 Å². The number of benzene rings is 1. The van der Waals surface area contributed by atoms with Crippen LogP contribution >= 0.6 is 0 Å². The van der Waals surface area contributed by atoms with Gasteiger partial charge < -0.3 is 19.8 Å². The maximum atomic E-state index is 14.4. The molecule has 0 saturated carbocycles. The standard InChI is InChI=1S/C22H23FN6O2/c1-3-29-12-17-19(31-15-6-7-24-9-15)5-4-16(20(17)27-29)22(30)26-14-8-18(23)21-25-13(2)10-28(21)11-14/h4-5,8,10-12,15,24H,3,6-7,9H2,1-2H3,(H,26,30). The van der Waals surface area contributed by atoms with Crippen molar-refractivity contribution in [3.63, 3.8) is 0 Å². The number of aryl methyl sites for hydroxylation is 2. The molecule has 0 aliphatic carbocycles. The van der Waals surface area contributed by atoms with Gasteiger partial charge in [0.05, 0.1) is 22.3 Å². The van der Waals surface area contributed by atoms with Gasteiger partial charge in [-0.05, 0) is 38.9 Å². The fourth-order valence-electron chi connectivity index (χ4n) is 3.93. The van der Waals surface area contributed by atoms with Crippen LogP contribution in [0.1, 0.15) is 29.4 Å². The van der Waals surface area contributed by atoms with Crippen molar-refractivity contribution in [2.45, 2.75) is 32.9 Å². The van der Waals surface area contributed by atoms with E-state index in [-0.39, 0.29) is 17.7 Å². The minimum absolute atomic E-state index is 0.0983. The molecule has 1 fully saturated rings. The third kappa shape index (κ3) is 3.61. The number of amides is 1. The number of aromatic nitrogens is 4. The molecule has 4 aromatic rings. The number of carbonyl (C=O) groups excluding carboxylic acids is 1. The van der Waals surface area contributed by atoms with Gasteiger partial charge in [-0.1, -0.05) is 0 Å². The minimum Gasteiger partial charge on any atom is -0.488 e. The van der Waals surface area contributed by atoms with E-state index < -0.39 is 5.82 Å². The summed E-state index contributed by atoms with van der Waals surface area (Å²) in [6.45, 7) is 6.17. The van der Waals surface area contributed by atoms with Crippen LogP contribution in [0, 0.1) is 12.7 Å². The second-order valence-electron chi connectivity index (χ2n) is 7.73. The number of anilines is 1. The van der Waals surface area contributed by atoms with Crippen LogP contribution in [0.4, 0.5) is 10.1 Å². The highest BCUT2D eigenvalue weighted by atomic mass is 19.1. The molecule has 160 valence electrons. The summed E-state index contributed by atoms with van der Waals surface area (Å²) in [5.41, 5.74) is 2.22. The Labute approximate surface area is 178 Å². The Balaban J connectivity index is 1.49. The van der Waals surface area contributed by atoms with Crippen molar-refractivity contribution in [2.75, 3.05) is 18.4 Å². The number of hydrogen-bond acceptors (Lipinski definition) is 5. The van der Waals surface area contributed by atoms with Gasteiger partial charge in [0.15, 0.2) is 11.5 Å². The largest absolute Gasteiger partial charge is 0.488 e. The van der Waals surface area contributed by atoms with E-state index in [2.05, 4.69) is 20.7 Å². The number of nitrogens with one attached hydrogen (secondary N) is 2. The van der Waals surface area contributed by atoms with Crippen LogP contribution in [0.25, 0.3) is 16.6 Å². The summed E-state index contributed by atoms with van der Waals surface area (Å²) in [7, 11) is 0. The third-order valence-corrected chi connectivity index (χ3v) is 5.45. The molecule has 1 amide bonds. The Hall–Kier alpha value is -3.46. The molecule has 4 heterocycles. The molecule has 1 aromatic carbocycles. The molecule has 1 saturated heterocycles. The highest BCUT2D eigenvalue weighted by Crippen LogP contribution is 2.30. The van der Waals surface area contributed by atoms with Gasteiger partial charge >= 0.3 is 0 Å². The number of rotatable bonds is 5. The molecule has 5 rings (SSSR count). The maximum Gasteiger partial charge on any atom is 0.257 e. The monoisotopic (exact) mass is 422 g/mol. The van der Waals surface area contributed by atoms with Gasteiger partial charge in [0.25, 0.3) is 5.91 Å². The second-order valence-corrected chi connectivity index (χ2v) is 7.73. The third-order valence-electron chi connectivity index (χ3n) is 5.45. The van der Waals surface area contributed by atoms with Crippen molar-refractivity contribution in [1.29, 1.82) is 0 Å². The smallest absolute Gasteiger partial charge is 0.257 e. The number of imidazole rings is 1. The van der Waals surface area contributed by atoms with E-state index in [9.17, 15) is 9.18 Å². The second kappa shape index (κ2) is 7.66. The maximum absolute atomic E-state index is 14.4. The fourth-order valence-corrected chi connectivity index (χ4v) is 3.93. The van der Waals surface area contributed by atoms with E-state index in [1.54, 1.807) is 40.5 Å². The summed E-state index contributed by atoms with van der Waals surface area (Å²) in [6.07, 6.45) is 6.28. The molecule has 1 atom stereocenters. The zero-order valence-corrected chi connectivity index (χ0v) is 17.4. The predicted molar refractivity (Wildman–Crippen MR) is 115 cm³/mol. The molecule has 1 aliphatic rings. The van der Waals surface area contributed by atoms with E-state index in [0.29, 0.717) is 34.8 Å². The van der Waals surface area contributed by atoms with Gasteiger partial charge in [0.1, 0.15) is 17.4 Å². The summed E-state index contributed by atoms with van der Waals surface area (Å²) < 4.78 is 23.9. The Kier molecular flexibility index (Phi) is 4.82. The van der Waals surface area contributed by atoms with Crippen molar-refractivity contribution < 1.29 is 13.9 Å². The molecule has 8 nitrogen and oxygen atoms in total.